The van der Waals surface area contributed by atoms with Gasteiger partial charge in [0.25, 0.3) is 0 Å². The lowest BCUT2D eigenvalue weighted by Crippen LogP contribution is -2.30. The average Bonchev–Trinajstić information content (AvgIpc) is 2.79. The van der Waals surface area contributed by atoms with E-state index in [-0.39, 0.29) is 6.03 Å². The van der Waals surface area contributed by atoms with E-state index < -0.39 is 0 Å². The Morgan fingerprint density at radius 1 is 1.45 bits per heavy atom. The molecule has 1 N–H and O–H groups in total. The zero-order valence-electron chi connectivity index (χ0n) is 11.1. The number of carbonyl (C=O) groups is 1. The number of hydrogen-bond acceptors (Lipinski definition) is 2. The third-order valence-corrected chi connectivity index (χ3v) is 4.87. The van der Waals surface area contributed by atoms with E-state index in [4.69, 9.17) is 11.6 Å². The van der Waals surface area contributed by atoms with E-state index in [1.54, 1.807) is 29.4 Å². The van der Waals surface area contributed by atoms with Crippen LogP contribution in [0, 0.1) is 6.92 Å². The van der Waals surface area contributed by atoms with Crippen LogP contribution in [0.1, 0.15) is 10.4 Å². The normalized spacial score (nSPS) is 10.4. The molecule has 0 aliphatic heterocycles. The summed E-state index contributed by atoms with van der Waals surface area (Å²) >= 11 is 11.1. The maximum Gasteiger partial charge on any atom is 0.321 e. The van der Waals surface area contributed by atoms with Crippen LogP contribution in [-0.4, -0.2) is 18.0 Å². The molecule has 1 aromatic carbocycles. The molecular weight excluding hydrogens is 360 g/mol. The second kappa shape index (κ2) is 6.61. The topological polar surface area (TPSA) is 32.3 Å². The van der Waals surface area contributed by atoms with Gasteiger partial charge in [-0.25, -0.2) is 4.79 Å². The molecule has 0 unspecified atom stereocenters. The Hall–Kier alpha value is -1.04. The molecule has 3 nitrogen and oxygen atoms in total. The summed E-state index contributed by atoms with van der Waals surface area (Å²) in [7, 11) is 1.76. The molecule has 20 heavy (non-hydrogen) atoms. The molecule has 2 amide bonds. The standard InChI is InChI=1S/C14H14BrClN2OS/c1-9-3-4-11(6-13(9)16)17-14(19)18(2)7-12-5-10(15)8-20-12/h3-6,8H,7H2,1-2H3,(H,17,19). The number of aryl methyl sites for hydroxylation is 1. The van der Waals surface area contributed by atoms with E-state index in [0.29, 0.717) is 17.3 Å². The van der Waals surface area contributed by atoms with Crippen LogP contribution in [0.2, 0.25) is 5.02 Å². The molecule has 0 atom stereocenters. The number of amides is 2. The van der Waals surface area contributed by atoms with Crippen molar-refractivity contribution in [2.45, 2.75) is 13.5 Å². The Morgan fingerprint density at radius 3 is 2.80 bits per heavy atom. The third kappa shape index (κ3) is 3.98. The summed E-state index contributed by atoms with van der Waals surface area (Å²) < 4.78 is 1.04. The van der Waals surface area contributed by atoms with Crippen molar-refractivity contribution in [2.75, 3.05) is 12.4 Å². The number of rotatable bonds is 3. The van der Waals surface area contributed by atoms with Crippen LogP contribution in [0.5, 0.6) is 0 Å². The van der Waals surface area contributed by atoms with Gasteiger partial charge in [-0.05, 0) is 46.6 Å². The van der Waals surface area contributed by atoms with E-state index in [9.17, 15) is 4.79 Å². The van der Waals surface area contributed by atoms with Crippen LogP contribution in [0.25, 0.3) is 0 Å². The first-order chi connectivity index (χ1) is 9.45. The molecule has 0 fully saturated rings. The quantitative estimate of drug-likeness (QED) is 0.794. The number of halogens is 2. The van der Waals surface area contributed by atoms with Crippen molar-refractivity contribution >= 4 is 50.6 Å². The number of nitrogens with zero attached hydrogens (tertiary/aromatic N) is 1. The number of nitrogens with one attached hydrogen (secondary N) is 1. The zero-order chi connectivity index (χ0) is 14.7. The average molecular weight is 374 g/mol. The highest BCUT2D eigenvalue weighted by Gasteiger charge is 2.11. The van der Waals surface area contributed by atoms with Gasteiger partial charge in [0.15, 0.2) is 0 Å². The van der Waals surface area contributed by atoms with Crippen molar-refractivity contribution in [1.29, 1.82) is 0 Å². The number of urea groups is 1. The summed E-state index contributed by atoms with van der Waals surface area (Å²) in [4.78, 5) is 14.8. The number of thiophene rings is 1. The lowest BCUT2D eigenvalue weighted by atomic mass is 10.2. The van der Waals surface area contributed by atoms with Crippen LogP contribution < -0.4 is 5.32 Å². The first-order valence-electron chi connectivity index (χ1n) is 5.97. The molecule has 1 aromatic heterocycles. The molecule has 0 aliphatic carbocycles. The predicted molar refractivity (Wildman–Crippen MR) is 88.7 cm³/mol. The van der Waals surface area contributed by atoms with Crippen LogP contribution in [0.3, 0.4) is 0 Å². The van der Waals surface area contributed by atoms with Crippen LogP contribution in [0.15, 0.2) is 34.1 Å². The Balaban J connectivity index is 1.98. The van der Waals surface area contributed by atoms with Gasteiger partial charge in [0.1, 0.15) is 0 Å². The molecule has 6 heteroatoms. The monoisotopic (exact) mass is 372 g/mol. The number of carbonyl (C=O) groups excluding carboxylic acids is 1. The number of anilines is 1. The number of hydrogen-bond donors (Lipinski definition) is 1. The third-order valence-electron chi connectivity index (χ3n) is 2.78. The molecule has 0 saturated carbocycles. The fraction of sp³-hybridized carbons (Fsp3) is 0.214. The van der Waals surface area contributed by atoms with Gasteiger partial charge in [-0.2, -0.15) is 0 Å². The minimum absolute atomic E-state index is 0.158. The summed E-state index contributed by atoms with van der Waals surface area (Å²) in [5, 5.41) is 5.48. The van der Waals surface area contributed by atoms with Gasteiger partial charge in [0.2, 0.25) is 0 Å². The summed E-state index contributed by atoms with van der Waals surface area (Å²) in [6.45, 7) is 2.50. The summed E-state index contributed by atoms with van der Waals surface area (Å²) in [6, 6.07) is 7.33. The predicted octanol–water partition coefficient (Wildman–Crippen LogP) is 5.14. The van der Waals surface area contributed by atoms with Gasteiger partial charge in [-0.15, -0.1) is 11.3 Å². The van der Waals surface area contributed by atoms with Crippen molar-refractivity contribution in [3.8, 4) is 0 Å². The van der Waals surface area contributed by atoms with Crippen molar-refractivity contribution in [1.82, 2.24) is 4.90 Å². The fourth-order valence-electron chi connectivity index (χ4n) is 1.63. The Morgan fingerprint density at radius 2 is 2.20 bits per heavy atom. The van der Waals surface area contributed by atoms with Crippen LogP contribution in [-0.2, 0) is 6.54 Å². The van der Waals surface area contributed by atoms with Crippen LogP contribution in [0.4, 0.5) is 10.5 Å². The maximum absolute atomic E-state index is 12.1. The van der Waals surface area contributed by atoms with E-state index >= 15 is 0 Å². The van der Waals surface area contributed by atoms with E-state index in [0.717, 1.165) is 14.9 Å². The SMILES string of the molecule is Cc1ccc(NC(=O)N(C)Cc2cc(Br)cs2)cc1Cl. The maximum atomic E-state index is 12.1. The van der Waals surface area contributed by atoms with Crippen molar-refractivity contribution in [3.05, 3.63) is 49.6 Å². The fourth-order valence-corrected chi connectivity index (χ4v) is 3.32. The summed E-state index contributed by atoms with van der Waals surface area (Å²) in [6.07, 6.45) is 0. The highest BCUT2D eigenvalue weighted by atomic mass is 79.9. The lowest BCUT2D eigenvalue weighted by Gasteiger charge is -2.17. The Labute approximate surface area is 135 Å². The molecule has 0 radical (unpaired) electrons. The number of benzene rings is 1. The summed E-state index contributed by atoms with van der Waals surface area (Å²) in [5.74, 6) is 0. The smallest absolute Gasteiger partial charge is 0.321 e. The van der Waals surface area contributed by atoms with Gasteiger partial charge in [0, 0.05) is 32.5 Å². The van der Waals surface area contributed by atoms with Crippen molar-refractivity contribution in [3.63, 3.8) is 0 Å². The Bertz CT molecular complexity index is 629. The van der Waals surface area contributed by atoms with Gasteiger partial charge in [0.05, 0.1) is 6.54 Å². The van der Waals surface area contributed by atoms with E-state index in [2.05, 4.69) is 21.2 Å². The highest BCUT2D eigenvalue weighted by Crippen LogP contribution is 2.22. The second-order valence-electron chi connectivity index (χ2n) is 4.48. The molecule has 0 aliphatic rings. The largest absolute Gasteiger partial charge is 0.322 e. The molecule has 0 spiro atoms. The van der Waals surface area contributed by atoms with Crippen LogP contribution >= 0.6 is 38.9 Å². The molecule has 2 aromatic rings. The van der Waals surface area contributed by atoms with Gasteiger partial charge < -0.3 is 10.2 Å². The highest BCUT2D eigenvalue weighted by molar-refractivity contribution is 9.10. The van der Waals surface area contributed by atoms with Gasteiger partial charge >= 0.3 is 6.03 Å². The minimum Gasteiger partial charge on any atom is -0.322 e. The lowest BCUT2D eigenvalue weighted by molar-refractivity contribution is 0.221. The van der Waals surface area contributed by atoms with E-state index in [1.807, 2.05) is 30.5 Å². The van der Waals surface area contributed by atoms with Crippen molar-refractivity contribution in [2.24, 2.45) is 0 Å². The van der Waals surface area contributed by atoms with E-state index in [1.165, 1.54) is 0 Å². The second-order valence-corrected chi connectivity index (χ2v) is 6.80. The van der Waals surface area contributed by atoms with Crippen molar-refractivity contribution < 1.29 is 4.79 Å². The molecular formula is C14H14BrClN2OS. The summed E-state index contributed by atoms with van der Waals surface area (Å²) in [5.41, 5.74) is 1.69. The first-order valence-corrected chi connectivity index (χ1v) is 8.02. The van der Waals surface area contributed by atoms with Gasteiger partial charge in [-0.3, -0.25) is 0 Å². The molecule has 1 heterocycles. The first kappa shape index (κ1) is 15.4. The molecule has 0 bridgehead atoms. The Kier molecular flexibility index (Phi) is 5.07. The molecule has 2 rings (SSSR count). The molecule has 0 saturated heterocycles. The van der Waals surface area contributed by atoms with Gasteiger partial charge in [-0.1, -0.05) is 17.7 Å². The molecule has 106 valence electrons. The minimum atomic E-state index is -0.158. The zero-order valence-corrected chi connectivity index (χ0v) is 14.3.